The molecule has 0 atom stereocenters. The van der Waals surface area contributed by atoms with Gasteiger partial charge >= 0.3 is 0 Å². The van der Waals surface area contributed by atoms with Crippen LogP contribution in [-0.4, -0.2) is 10.5 Å². The number of benzene rings is 1. The first kappa shape index (κ1) is 16.3. The largest absolute Gasteiger partial charge is 0.365 e. The Balaban J connectivity index is 2.59. The molecule has 5 heteroatoms. The number of carbonyl (C=O) groups is 1. The highest BCUT2D eigenvalue weighted by atomic mass is 127. The highest BCUT2D eigenvalue weighted by Crippen LogP contribution is 2.24. The zero-order valence-corrected chi connectivity index (χ0v) is 14.8. The van der Waals surface area contributed by atoms with Crippen molar-refractivity contribution < 1.29 is 4.79 Å². The topological polar surface area (TPSA) is 71.8 Å². The van der Waals surface area contributed by atoms with Crippen LogP contribution in [0.3, 0.4) is 0 Å². The van der Waals surface area contributed by atoms with E-state index in [4.69, 9.17) is 11.0 Å². The third-order valence-corrected chi connectivity index (χ3v) is 4.73. The van der Waals surface area contributed by atoms with Gasteiger partial charge < -0.3 is 10.3 Å². The van der Waals surface area contributed by atoms with Crippen molar-refractivity contribution in [1.82, 2.24) is 4.57 Å². The van der Waals surface area contributed by atoms with Gasteiger partial charge in [0.05, 0.1) is 0 Å². The maximum atomic E-state index is 11.2. The average Bonchev–Trinajstić information content (AvgIpc) is 2.73. The van der Waals surface area contributed by atoms with Gasteiger partial charge in [-0.3, -0.25) is 4.79 Å². The predicted molar refractivity (Wildman–Crippen MR) is 95.5 cm³/mol. The summed E-state index contributed by atoms with van der Waals surface area (Å²) in [4.78, 5) is 11.2. The lowest BCUT2D eigenvalue weighted by atomic mass is 10.1. The Morgan fingerprint density at radius 3 is 2.55 bits per heavy atom. The van der Waals surface area contributed by atoms with Crippen LogP contribution in [0.2, 0.25) is 0 Å². The van der Waals surface area contributed by atoms with E-state index in [-0.39, 0.29) is 5.57 Å². The molecule has 0 radical (unpaired) electrons. The van der Waals surface area contributed by atoms with Crippen molar-refractivity contribution >= 4 is 34.6 Å². The normalized spacial score (nSPS) is 11.3. The summed E-state index contributed by atoms with van der Waals surface area (Å²) in [7, 11) is 0. The summed E-state index contributed by atoms with van der Waals surface area (Å²) in [5.41, 5.74) is 10.3. The number of hydrogen-bond acceptors (Lipinski definition) is 2. The Hall–Kier alpha value is -2.07. The van der Waals surface area contributed by atoms with E-state index in [1.165, 1.54) is 9.13 Å². The van der Waals surface area contributed by atoms with Gasteiger partial charge in [-0.1, -0.05) is 6.07 Å². The van der Waals surface area contributed by atoms with Crippen molar-refractivity contribution in [3.8, 4) is 11.8 Å². The molecule has 0 aliphatic carbocycles. The number of nitriles is 1. The van der Waals surface area contributed by atoms with Crippen LogP contribution in [0.5, 0.6) is 0 Å². The number of aromatic nitrogens is 1. The molecule has 0 aliphatic heterocycles. The standard InChI is InChI=1S/C17H16IN3O/c1-10-4-5-15(8-16(10)18)21-11(2)6-13(12(21)3)7-14(9-19)17(20)22/h4-8H,1-3H3,(H2,20,22)/b14-7+. The molecule has 2 rings (SSSR count). The minimum Gasteiger partial charge on any atom is -0.365 e. The average molecular weight is 405 g/mol. The molecule has 0 saturated carbocycles. The minimum atomic E-state index is -0.711. The first-order valence-corrected chi connectivity index (χ1v) is 7.80. The van der Waals surface area contributed by atoms with Crippen LogP contribution in [0, 0.1) is 35.7 Å². The number of aryl methyl sites for hydroxylation is 2. The Morgan fingerprint density at radius 2 is 2.00 bits per heavy atom. The summed E-state index contributed by atoms with van der Waals surface area (Å²) in [5.74, 6) is -0.711. The van der Waals surface area contributed by atoms with Crippen molar-refractivity contribution in [2.75, 3.05) is 0 Å². The molecule has 1 aromatic carbocycles. The van der Waals surface area contributed by atoms with Crippen LogP contribution in [0.15, 0.2) is 29.8 Å². The van der Waals surface area contributed by atoms with Gasteiger partial charge in [-0.2, -0.15) is 5.26 Å². The first-order valence-electron chi connectivity index (χ1n) is 6.72. The molecule has 0 aliphatic rings. The third kappa shape index (κ3) is 3.07. The van der Waals surface area contributed by atoms with Gasteiger partial charge in [0, 0.05) is 20.6 Å². The molecule has 1 amide bonds. The molecule has 4 nitrogen and oxygen atoms in total. The zero-order chi connectivity index (χ0) is 16.4. The van der Waals surface area contributed by atoms with Crippen LogP contribution >= 0.6 is 22.6 Å². The van der Waals surface area contributed by atoms with Gasteiger partial charge in [-0.25, -0.2) is 0 Å². The second-order valence-electron chi connectivity index (χ2n) is 5.13. The number of nitrogens with zero attached hydrogens (tertiary/aromatic N) is 2. The van der Waals surface area contributed by atoms with Crippen molar-refractivity contribution in [1.29, 1.82) is 5.26 Å². The summed E-state index contributed by atoms with van der Waals surface area (Å²) in [6.07, 6.45) is 1.54. The van der Waals surface area contributed by atoms with Crippen LogP contribution < -0.4 is 5.73 Å². The lowest BCUT2D eigenvalue weighted by Gasteiger charge is -2.11. The molecular formula is C17H16IN3O. The van der Waals surface area contributed by atoms with Crippen molar-refractivity contribution in [3.63, 3.8) is 0 Å². The summed E-state index contributed by atoms with van der Waals surface area (Å²) in [6, 6.07) is 10.0. The zero-order valence-electron chi connectivity index (χ0n) is 12.6. The lowest BCUT2D eigenvalue weighted by molar-refractivity contribution is -0.114. The molecule has 0 bridgehead atoms. The molecule has 22 heavy (non-hydrogen) atoms. The smallest absolute Gasteiger partial charge is 0.259 e. The summed E-state index contributed by atoms with van der Waals surface area (Å²) < 4.78 is 3.29. The first-order chi connectivity index (χ1) is 10.3. The van der Waals surface area contributed by atoms with Crippen LogP contribution in [0.4, 0.5) is 0 Å². The van der Waals surface area contributed by atoms with Crippen molar-refractivity contribution in [2.45, 2.75) is 20.8 Å². The monoisotopic (exact) mass is 405 g/mol. The fourth-order valence-corrected chi connectivity index (χ4v) is 2.86. The van der Waals surface area contributed by atoms with Gasteiger partial charge in [-0.05, 0) is 78.8 Å². The van der Waals surface area contributed by atoms with E-state index >= 15 is 0 Å². The van der Waals surface area contributed by atoms with Gasteiger partial charge in [0.25, 0.3) is 5.91 Å². The maximum Gasteiger partial charge on any atom is 0.259 e. The van der Waals surface area contributed by atoms with Gasteiger partial charge in [0.1, 0.15) is 11.6 Å². The fraction of sp³-hybridized carbons (Fsp3) is 0.176. The predicted octanol–water partition coefficient (Wildman–Crippen LogP) is 3.40. The number of halogens is 1. The molecule has 0 saturated heterocycles. The van der Waals surface area contributed by atoms with Crippen LogP contribution in [0.25, 0.3) is 11.8 Å². The van der Waals surface area contributed by atoms with E-state index in [2.05, 4.69) is 52.3 Å². The molecule has 1 aromatic heterocycles. The maximum absolute atomic E-state index is 11.2. The fourth-order valence-electron chi connectivity index (χ4n) is 2.37. The summed E-state index contributed by atoms with van der Waals surface area (Å²) in [5, 5.41) is 8.98. The Kier molecular flexibility index (Phi) is 4.71. The van der Waals surface area contributed by atoms with E-state index in [0.717, 1.165) is 22.6 Å². The molecule has 0 fully saturated rings. The van der Waals surface area contributed by atoms with Gasteiger partial charge in [0.2, 0.25) is 0 Å². The molecule has 112 valence electrons. The van der Waals surface area contributed by atoms with E-state index < -0.39 is 5.91 Å². The molecule has 1 heterocycles. The molecule has 2 N–H and O–H groups in total. The Labute approximate surface area is 143 Å². The van der Waals surface area contributed by atoms with E-state index in [1.54, 1.807) is 6.08 Å². The molecule has 2 aromatic rings. The van der Waals surface area contributed by atoms with E-state index in [9.17, 15) is 4.79 Å². The molecule has 0 spiro atoms. The Morgan fingerprint density at radius 1 is 1.32 bits per heavy atom. The third-order valence-electron chi connectivity index (χ3n) is 3.57. The lowest BCUT2D eigenvalue weighted by Crippen LogP contribution is -2.12. The number of rotatable bonds is 3. The van der Waals surface area contributed by atoms with Crippen LogP contribution in [-0.2, 0) is 4.79 Å². The van der Waals surface area contributed by atoms with Crippen LogP contribution in [0.1, 0.15) is 22.5 Å². The van der Waals surface area contributed by atoms with Gasteiger partial charge in [0.15, 0.2) is 0 Å². The number of carbonyl (C=O) groups excluding carboxylic acids is 1. The summed E-state index contributed by atoms with van der Waals surface area (Å²) in [6.45, 7) is 6.02. The van der Waals surface area contributed by atoms with Crippen molar-refractivity contribution in [3.05, 3.63) is 55.9 Å². The highest BCUT2D eigenvalue weighted by molar-refractivity contribution is 14.1. The number of hydrogen-bond donors (Lipinski definition) is 1. The molecule has 0 unspecified atom stereocenters. The molecular weight excluding hydrogens is 389 g/mol. The SMILES string of the molecule is Cc1ccc(-n2c(C)cc(/C=C(\C#N)C(N)=O)c2C)cc1I. The Bertz CT molecular complexity index is 825. The van der Waals surface area contributed by atoms with E-state index in [0.29, 0.717) is 0 Å². The highest BCUT2D eigenvalue weighted by Gasteiger charge is 2.12. The second kappa shape index (κ2) is 6.36. The number of primary amides is 1. The van der Waals surface area contributed by atoms with Gasteiger partial charge in [-0.15, -0.1) is 0 Å². The quantitative estimate of drug-likeness (QED) is 0.483. The number of amides is 1. The minimum absolute atomic E-state index is 0.0428. The number of nitrogens with two attached hydrogens (primary N) is 1. The van der Waals surface area contributed by atoms with E-state index in [1.807, 2.05) is 26.0 Å². The summed E-state index contributed by atoms with van der Waals surface area (Å²) >= 11 is 2.31. The van der Waals surface area contributed by atoms with Crippen molar-refractivity contribution in [2.24, 2.45) is 5.73 Å². The second-order valence-corrected chi connectivity index (χ2v) is 6.29.